The van der Waals surface area contributed by atoms with Gasteiger partial charge in [0.05, 0.1) is 16.7 Å². The fourth-order valence-electron chi connectivity index (χ4n) is 1.68. The molecule has 2 aromatic rings. The van der Waals surface area contributed by atoms with Gasteiger partial charge in [-0.2, -0.15) is 8.78 Å². The Kier molecular flexibility index (Phi) is 4.27. The monoisotopic (exact) mass is 298 g/mol. The molecule has 0 aliphatic rings. The van der Waals surface area contributed by atoms with E-state index in [4.69, 9.17) is 0 Å². The van der Waals surface area contributed by atoms with Gasteiger partial charge in [-0.1, -0.05) is 12.1 Å². The van der Waals surface area contributed by atoms with Crippen LogP contribution in [0.2, 0.25) is 0 Å². The molecule has 0 saturated heterocycles. The first-order valence-corrected chi connectivity index (χ1v) is 5.71. The molecule has 0 aromatic heterocycles. The zero-order valence-electron chi connectivity index (χ0n) is 10.4. The summed E-state index contributed by atoms with van der Waals surface area (Å²) >= 11 is 0. The van der Waals surface area contributed by atoms with Crippen molar-refractivity contribution in [3.63, 3.8) is 0 Å². The van der Waals surface area contributed by atoms with E-state index in [0.717, 1.165) is 18.2 Å². The van der Waals surface area contributed by atoms with Crippen molar-refractivity contribution in [3.05, 3.63) is 58.4 Å². The van der Waals surface area contributed by atoms with Gasteiger partial charge < -0.3 is 10.1 Å². The summed E-state index contributed by atoms with van der Waals surface area (Å²) in [4.78, 5) is 9.90. The molecule has 1 N–H and O–H groups in total. The van der Waals surface area contributed by atoms with Crippen molar-refractivity contribution in [2.75, 3.05) is 5.32 Å². The SMILES string of the molecule is O=[N+]([O-])c1cc(F)cc(Nc2ccccc2OC(F)F)c1. The zero-order chi connectivity index (χ0) is 15.4. The van der Waals surface area contributed by atoms with Crippen molar-refractivity contribution in [2.45, 2.75) is 6.61 Å². The summed E-state index contributed by atoms with van der Waals surface area (Å²) in [6.07, 6.45) is 0. The Morgan fingerprint density at radius 1 is 1.19 bits per heavy atom. The summed E-state index contributed by atoms with van der Waals surface area (Å²) in [7, 11) is 0. The smallest absolute Gasteiger partial charge is 0.387 e. The maximum Gasteiger partial charge on any atom is 0.387 e. The molecule has 0 unspecified atom stereocenters. The Balaban J connectivity index is 2.32. The number of nitro benzene ring substituents is 1. The lowest BCUT2D eigenvalue weighted by molar-refractivity contribution is -0.385. The standard InChI is InChI=1S/C13H9F3N2O3/c14-8-5-9(7-10(6-8)18(19)20)17-11-3-1-2-4-12(11)21-13(15)16/h1-7,13,17H. The molecule has 0 aliphatic carbocycles. The van der Waals surface area contributed by atoms with Crippen molar-refractivity contribution in [3.8, 4) is 5.75 Å². The van der Waals surface area contributed by atoms with E-state index in [1.54, 1.807) is 6.07 Å². The lowest BCUT2D eigenvalue weighted by Gasteiger charge is -2.12. The molecule has 2 aromatic carbocycles. The minimum atomic E-state index is -3.02. The van der Waals surface area contributed by atoms with Gasteiger partial charge in [0.25, 0.3) is 5.69 Å². The molecule has 0 bridgehead atoms. The van der Waals surface area contributed by atoms with Crippen LogP contribution in [0.4, 0.5) is 30.2 Å². The second-order valence-electron chi connectivity index (χ2n) is 3.95. The largest absolute Gasteiger partial charge is 0.433 e. The van der Waals surface area contributed by atoms with E-state index in [1.807, 2.05) is 0 Å². The summed E-state index contributed by atoms with van der Waals surface area (Å²) in [5, 5.41) is 13.3. The van der Waals surface area contributed by atoms with Gasteiger partial charge in [0.1, 0.15) is 11.6 Å². The quantitative estimate of drug-likeness (QED) is 0.667. The second kappa shape index (κ2) is 6.12. The van der Waals surface area contributed by atoms with Crippen molar-refractivity contribution >= 4 is 17.1 Å². The molecule has 21 heavy (non-hydrogen) atoms. The number of ether oxygens (including phenoxy) is 1. The molecular formula is C13H9F3N2O3. The van der Waals surface area contributed by atoms with Gasteiger partial charge in [-0.25, -0.2) is 4.39 Å². The van der Waals surface area contributed by atoms with E-state index in [9.17, 15) is 23.3 Å². The Morgan fingerprint density at radius 2 is 1.90 bits per heavy atom. The van der Waals surface area contributed by atoms with Crippen LogP contribution < -0.4 is 10.1 Å². The number of hydrogen-bond donors (Lipinski definition) is 1. The molecule has 0 spiro atoms. The fraction of sp³-hybridized carbons (Fsp3) is 0.0769. The topological polar surface area (TPSA) is 64.4 Å². The molecule has 110 valence electrons. The van der Waals surface area contributed by atoms with E-state index >= 15 is 0 Å². The molecule has 0 radical (unpaired) electrons. The Bertz CT molecular complexity index is 665. The predicted octanol–water partition coefficient (Wildman–Crippen LogP) is 4.08. The highest BCUT2D eigenvalue weighted by Gasteiger charge is 2.13. The molecule has 0 saturated carbocycles. The summed E-state index contributed by atoms with van der Waals surface area (Å²) in [5.41, 5.74) is -0.269. The maximum absolute atomic E-state index is 13.3. The van der Waals surface area contributed by atoms with Crippen molar-refractivity contribution < 1.29 is 22.8 Å². The fourth-order valence-corrected chi connectivity index (χ4v) is 1.68. The number of nitrogens with zero attached hydrogens (tertiary/aromatic N) is 1. The molecule has 0 heterocycles. The number of anilines is 2. The lowest BCUT2D eigenvalue weighted by Crippen LogP contribution is -2.04. The number of halogens is 3. The number of rotatable bonds is 5. The first kappa shape index (κ1) is 14.6. The van der Waals surface area contributed by atoms with Crippen LogP contribution in [-0.2, 0) is 0 Å². The summed E-state index contributed by atoms with van der Waals surface area (Å²) in [6.45, 7) is -3.02. The zero-order valence-corrected chi connectivity index (χ0v) is 10.4. The third-order valence-corrected chi connectivity index (χ3v) is 2.48. The number of para-hydroxylation sites is 2. The van der Waals surface area contributed by atoms with E-state index < -0.39 is 23.0 Å². The van der Waals surface area contributed by atoms with Crippen LogP contribution in [-0.4, -0.2) is 11.5 Å². The van der Waals surface area contributed by atoms with Gasteiger partial charge in [0.2, 0.25) is 0 Å². The van der Waals surface area contributed by atoms with E-state index in [-0.39, 0.29) is 17.1 Å². The summed E-state index contributed by atoms with van der Waals surface area (Å²) in [5.74, 6) is -0.974. The Labute approximate surface area is 117 Å². The van der Waals surface area contributed by atoms with Gasteiger partial charge in [-0.15, -0.1) is 0 Å². The number of hydrogen-bond acceptors (Lipinski definition) is 4. The highest BCUT2D eigenvalue weighted by atomic mass is 19.3. The average molecular weight is 298 g/mol. The first-order chi connectivity index (χ1) is 9.95. The lowest BCUT2D eigenvalue weighted by atomic mass is 10.2. The third-order valence-electron chi connectivity index (χ3n) is 2.48. The van der Waals surface area contributed by atoms with Gasteiger partial charge in [-0.3, -0.25) is 10.1 Å². The van der Waals surface area contributed by atoms with Crippen molar-refractivity contribution in [1.82, 2.24) is 0 Å². The van der Waals surface area contributed by atoms with Gasteiger partial charge in [0.15, 0.2) is 0 Å². The minimum absolute atomic E-state index is 0.0482. The molecule has 2 rings (SSSR count). The van der Waals surface area contributed by atoms with Crippen LogP contribution in [0.15, 0.2) is 42.5 Å². The first-order valence-electron chi connectivity index (χ1n) is 5.71. The van der Waals surface area contributed by atoms with Gasteiger partial charge >= 0.3 is 6.61 Å². The number of alkyl halides is 2. The molecule has 0 atom stereocenters. The average Bonchev–Trinajstić information content (AvgIpc) is 2.39. The maximum atomic E-state index is 13.3. The van der Waals surface area contributed by atoms with Crippen LogP contribution in [0, 0.1) is 15.9 Å². The Hall–Kier alpha value is -2.77. The van der Waals surface area contributed by atoms with Gasteiger partial charge in [0, 0.05) is 11.8 Å². The number of benzene rings is 2. The van der Waals surface area contributed by atoms with Crippen LogP contribution in [0.25, 0.3) is 0 Å². The molecule has 5 nitrogen and oxygen atoms in total. The highest BCUT2D eigenvalue weighted by molar-refractivity contribution is 5.67. The summed E-state index contributed by atoms with van der Waals surface area (Å²) < 4.78 is 42.2. The van der Waals surface area contributed by atoms with Crippen molar-refractivity contribution in [2.24, 2.45) is 0 Å². The van der Waals surface area contributed by atoms with E-state index in [0.29, 0.717) is 0 Å². The number of nitrogens with one attached hydrogen (secondary N) is 1. The second-order valence-corrected chi connectivity index (χ2v) is 3.95. The van der Waals surface area contributed by atoms with E-state index in [2.05, 4.69) is 10.1 Å². The van der Waals surface area contributed by atoms with Crippen molar-refractivity contribution in [1.29, 1.82) is 0 Å². The molecule has 0 fully saturated rings. The van der Waals surface area contributed by atoms with Crippen LogP contribution in [0.1, 0.15) is 0 Å². The molecule has 0 amide bonds. The molecule has 0 aliphatic heterocycles. The minimum Gasteiger partial charge on any atom is -0.433 e. The van der Waals surface area contributed by atoms with Gasteiger partial charge in [-0.05, 0) is 18.2 Å². The molecular weight excluding hydrogens is 289 g/mol. The third kappa shape index (κ3) is 3.85. The Morgan fingerprint density at radius 3 is 2.57 bits per heavy atom. The number of nitro groups is 1. The predicted molar refractivity (Wildman–Crippen MR) is 69.4 cm³/mol. The van der Waals surface area contributed by atoms with Crippen LogP contribution in [0.5, 0.6) is 5.75 Å². The normalized spacial score (nSPS) is 10.5. The van der Waals surface area contributed by atoms with Crippen LogP contribution >= 0.6 is 0 Å². The molecule has 8 heteroatoms. The van der Waals surface area contributed by atoms with E-state index in [1.165, 1.54) is 18.2 Å². The van der Waals surface area contributed by atoms with Crippen LogP contribution in [0.3, 0.4) is 0 Å². The highest BCUT2D eigenvalue weighted by Crippen LogP contribution is 2.30. The summed E-state index contributed by atoms with van der Waals surface area (Å²) in [6, 6.07) is 8.60. The number of non-ortho nitro benzene ring substituents is 1.